The lowest BCUT2D eigenvalue weighted by Gasteiger charge is -2.39. The van der Waals surface area contributed by atoms with Crippen LogP contribution in [-0.2, 0) is 11.2 Å². The molecule has 1 saturated carbocycles. The molecule has 1 aromatic rings. The van der Waals surface area contributed by atoms with Gasteiger partial charge in [-0.2, -0.15) is 0 Å². The van der Waals surface area contributed by atoms with Crippen LogP contribution in [0.4, 0.5) is 5.69 Å². The SMILES string of the molecule is O=C([C@@H]1Cc2ccccc2N1)N(CCCO)C1CCC1. The Hall–Kier alpha value is -1.55. The number of hydrogen-bond donors (Lipinski definition) is 2. The Bertz CT molecular complexity index is 460. The zero-order valence-electron chi connectivity index (χ0n) is 11.7. The van der Waals surface area contributed by atoms with Crippen LogP contribution in [0.25, 0.3) is 0 Å². The standard InChI is InChI=1S/C16H22N2O2/c19-10-4-9-18(13-6-3-7-13)16(20)15-11-12-5-1-2-8-14(12)17-15/h1-2,5,8,13,15,17,19H,3-4,6-7,9-11H2/t15-/m0/s1. The highest BCUT2D eigenvalue weighted by Crippen LogP contribution is 2.30. The normalized spacial score (nSPS) is 20.9. The van der Waals surface area contributed by atoms with Crippen molar-refractivity contribution in [1.82, 2.24) is 4.90 Å². The van der Waals surface area contributed by atoms with Crippen molar-refractivity contribution < 1.29 is 9.90 Å². The molecule has 0 unspecified atom stereocenters. The zero-order valence-corrected chi connectivity index (χ0v) is 11.7. The van der Waals surface area contributed by atoms with Gasteiger partial charge in [-0.05, 0) is 37.3 Å². The van der Waals surface area contributed by atoms with Gasteiger partial charge >= 0.3 is 0 Å². The molecule has 0 spiro atoms. The van der Waals surface area contributed by atoms with Gasteiger partial charge in [0.05, 0.1) is 0 Å². The first-order chi connectivity index (χ1) is 9.79. The number of para-hydroxylation sites is 1. The van der Waals surface area contributed by atoms with Crippen LogP contribution in [-0.4, -0.2) is 41.1 Å². The second kappa shape index (κ2) is 5.83. The predicted molar refractivity (Wildman–Crippen MR) is 78.6 cm³/mol. The van der Waals surface area contributed by atoms with Crippen molar-refractivity contribution in [1.29, 1.82) is 0 Å². The summed E-state index contributed by atoms with van der Waals surface area (Å²) in [6, 6.07) is 8.38. The molecule has 0 radical (unpaired) electrons. The molecule has 0 aromatic heterocycles. The summed E-state index contributed by atoms with van der Waals surface area (Å²) in [6.45, 7) is 0.823. The summed E-state index contributed by atoms with van der Waals surface area (Å²) in [5.41, 5.74) is 2.31. The number of fused-ring (bicyclic) bond motifs is 1. The Balaban J connectivity index is 1.68. The van der Waals surface area contributed by atoms with E-state index >= 15 is 0 Å². The van der Waals surface area contributed by atoms with Gasteiger partial charge in [0.15, 0.2) is 0 Å². The van der Waals surface area contributed by atoms with Gasteiger partial charge in [0.1, 0.15) is 6.04 Å². The highest BCUT2D eigenvalue weighted by Gasteiger charge is 2.35. The van der Waals surface area contributed by atoms with Crippen LogP contribution in [0.3, 0.4) is 0 Å². The maximum absolute atomic E-state index is 12.7. The lowest BCUT2D eigenvalue weighted by Crippen LogP contribution is -2.50. The molecule has 1 aliphatic heterocycles. The average Bonchev–Trinajstić information content (AvgIpc) is 2.84. The Morgan fingerprint density at radius 1 is 1.35 bits per heavy atom. The van der Waals surface area contributed by atoms with E-state index in [0.29, 0.717) is 19.0 Å². The zero-order chi connectivity index (χ0) is 13.9. The van der Waals surface area contributed by atoms with Crippen molar-refractivity contribution >= 4 is 11.6 Å². The minimum atomic E-state index is -0.133. The van der Waals surface area contributed by atoms with Gasteiger partial charge in [-0.1, -0.05) is 18.2 Å². The summed E-state index contributed by atoms with van der Waals surface area (Å²) >= 11 is 0. The molecule has 2 N–H and O–H groups in total. The second-order valence-electron chi connectivity index (χ2n) is 5.75. The van der Waals surface area contributed by atoms with Crippen LogP contribution in [0, 0.1) is 0 Å². The van der Waals surface area contributed by atoms with Crippen molar-refractivity contribution in [3.05, 3.63) is 29.8 Å². The first-order valence-corrected chi connectivity index (χ1v) is 7.55. The van der Waals surface area contributed by atoms with Gasteiger partial charge < -0.3 is 15.3 Å². The Kier molecular flexibility index (Phi) is 3.92. The molecule has 1 aromatic carbocycles. The number of benzene rings is 1. The largest absolute Gasteiger partial charge is 0.396 e. The summed E-state index contributed by atoms with van der Waals surface area (Å²) in [7, 11) is 0. The summed E-state index contributed by atoms with van der Waals surface area (Å²) < 4.78 is 0. The lowest BCUT2D eigenvalue weighted by molar-refractivity contribution is -0.136. The van der Waals surface area contributed by atoms with Crippen LogP contribution in [0.15, 0.2) is 24.3 Å². The highest BCUT2D eigenvalue weighted by atomic mass is 16.3. The van der Waals surface area contributed by atoms with Gasteiger partial charge in [-0.25, -0.2) is 0 Å². The van der Waals surface area contributed by atoms with E-state index in [0.717, 1.165) is 24.9 Å². The summed E-state index contributed by atoms with van der Waals surface area (Å²) in [6.07, 6.45) is 4.87. The van der Waals surface area contributed by atoms with E-state index in [1.165, 1.54) is 12.0 Å². The third-order valence-electron chi connectivity index (χ3n) is 4.42. The van der Waals surface area contributed by atoms with Gasteiger partial charge in [0.2, 0.25) is 5.91 Å². The number of nitrogens with one attached hydrogen (secondary N) is 1. The van der Waals surface area contributed by atoms with Crippen molar-refractivity contribution in [2.75, 3.05) is 18.5 Å². The summed E-state index contributed by atoms with van der Waals surface area (Å²) in [4.78, 5) is 14.7. The minimum absolute atomic E-state index is 0.133. The molecule has 4 heteroatoms. The maximum Gasteiger partial charge on any atom is 0.245 e. The lowest BCUT2D eigenvalue weighted by atomic mass is 9.90. The van der Waals surface area contributed by atoms with E-state index in [4.69, 9.17) is 5.11 Å². The summed E-state index contributed by atoms with van der Waals surface area (Å²) in [5, 5.41) is 12.4. The van der Waals surface area contributed by atoms with Gasteiger partial charge in [-0.15, -0.1) is 0 Å². The molecule has 3 rings (SSSR count). The molecule has 1 fully saturated rings. The smallest absolute Gasteiger partial charge is 0.245 e. The topological polar surface area (TPSA) is 52.6 Å². The van der Waals surface area contributed by atoms with E-state index < -0.39 is 0 Å². The molecular weight excluding hydrogens is 252 g/mol. The molecule has 2 aliphatic rings. The van der Waals surface area contributed by atoms with E-state index in [-0.39, 0.29) is 18.6 Å². The van der Waals surface area contributed by atoms with Crippen LogP contribution >= 0.6 is 0 Å². The fraction of sp³-hybridized carbons (Fsp3) is 0.562. The van der Waals surface area contributed by atoms with Crippen LogP contribution < -0.4 is 5.32 Å². The van der Waals surface area contributed by atoms with Gasteiger partial charge in [-0.3, -0.25) is 4.79 Å². The number of rotatable bonds is 5. The van der Waals surface area contributed by atoms with Crippen molar-refractivity contribution in [2.24, 2.45) is 0 Å². The van der Waals surface area contributed by atoms with Gasteiger partial charge in [0.25, 0.3) is 0 Å². The van der Waals surface area contributed by atoms with Crippen molar-refractivity contribution in [3.8, 4) is 0 Å². The van der Waals surface area contributed by atoms with Crippen LogP contribution in [0.1, 0.15) is 31.2 Å². The molecule has 1 heterocycles. The molecule has 0 saturated heterocycles. The van der Waals surface area contributed by atoms with Crippen molar-refractivity contribution in [2.45, 2.75) is 44.2 Å². The number of aliphatic hydroxyl groups excluding tert-OH is 1. The van der Waals surface area contributed by atoms with Crippen LogP contribution in [0.5, 0.6) is 0 Å². The van der Waals surface area contributed by atoms with Gasteiger partial charge in [0, 0.05) is 31.3 Å². The Morgan fingerprint density at radius 2 is 2.15 bits per heavy atom. The number of carbonyl (C=O) groups excluding carboxylic acids is 1. The number of anilines is 1. The van der Waals surface area contributed by atoms with Crippen molar-refractivity contribution in [3.63, 3.8) is 0 Å². The molecule has 108 valence electrons. The number of hydrogen-bond acceptors (Lipinski definition) is 3. The predicted octanol–water partition coefficient (Wildman–Crippen LogP) is 1.79. The van der Waals surface area contributed by atoms with E-state index in [1.54, 1.807) is 0 Å². The number of aliphatic hydroxyl groups is 1. The molecule has 1 atom stereocenters. The quantitative estimate of drug-likeness (QED) is 0.860. The maximum atomic E-state index is 12.7. The molecule has 4 nitrogen and oxygen atoms in total. The molecule has 1 aliphatic carbocycles. The Labute approximate surface area is 119 Å². The third-order valence-corrected chi connectivity index (χ3v) is 4.42. The van der Waals surface area contributed by atoms with E-state index in [1.807, 2.05) is 23.1 Å². The van der Waals surface area contributed by atoms with Crippen LogP contribution in [0.2, 0.25) is 0 Å². The van der Waals surface area contributed by atoms with E-state index in [2.05, 4.69) is 11.4 Å². The fourth-order valence-electron chi connectivity index (χ4n) is 3.06. The fourth-order valence-corrected chi connectivity index (χ4v) is 3.06. The number of carbonyl (C=O) groups is 1. The molecule has 0 bridgehead atoms. The minimum Gasteiger partial charge on any atom is -0.396 e. The Morgan fingerprint density at radius 3 is 2.80 bits per heavy atom. The van der Waals surface area contributed by atoms with E-state index in [9.17, 15) is 4.79 Å². The first-order valence-electron chi connectivity index (χ1n) is 7.55. The molecule has 1 amide bonds. The third kappa shape index (κ3) is 2.52. The number of nitrogens with zero attached hydrogens (tertiary/aromatic N) is 1. The molecular formula is C16H22N2O2. The second-order valence-corrected chi connectivity index (χ2v) is 5.75. The highest BCUT2D eigenvalue weighted by molar-refractivity contribution is 5.87. The summed E-state index contributed by atoms with van der Waals surface area (Å²) in [5.74, 6) is 0.194. The monoisotopic (exact) mass is 274 g/mol. The molecule has 20 heavy (non-hydrogen) atoms. The first kappa shape index (κ1) is 13.4. The number of amides is 1. The average molecular weight is 274 g/mol.